The predicted molar refractivity (Wildman–Crippen MR) is 99.9 cm³/mol. The van der Waals surface area contributed by atoms with Crippen LogP contribution < -0.4 is 10.1 Å². The van der Waals surface area contributed by atoms with Gasteiger partial charge in [0.2, 0.25) is 0 Å². The fourth-order valence-corrected chi connectivity index (χ4v) is 3.20. The van der Waals surface area contributed by atoms with Gasteiger partial charge in [-0.25, -0.2) is 0 Å². The Labute approximate surface area is 151 Å². The smallest absolute Gasteiger partial charge is 0.257 e. The molecule has 0 atom stereocenters. The number of benzene rings is 1. The second kappa shape index (κ2) is 8.11. The molecule has 0 bridgehead atoms. The minimum atomic E-state index is -0.189. The van der Waals surface area contributed by atoms with E-state index in [1.54, 1.807) is 18.2 Å². The van der Waals surface area contributed by atoms with Crippen molar-refractivity contribution in [2.45, 2.75) is 39.7 Å². The molecule has 1 aromatic rings. The Morgan fingerprint density at radius 1 is 1.39 bits per heavy atom. The molecule has 0 radical (unpaired) electrons. The number of hydrogen-bond donors (Lipinski definition) is 1. The molecule has 2 rings (SSSR count). The number of hydrogen-bond acceptors (Lipinski definition) is 3. The zero-order chi connectivity index (χ0) is 17.0. The van der Waals surface area contributed by atoms with Crippen molar-refractivity contribution >= 4 is 39.2 Å². The van der Waals surface area contributed by atoms with E-state index in [-0.39, 0.29) is 12.0 Å². The van der Waals surface area contributed by atoms with E-state index in [4.69, 9.17) is 17.0 Å². The zero-order valence-corrected chi connectivity index (χ0v) is 16.2. The second-order valence-corrected chi connectivity index (χ2v) is 7.48. The van der Waals surface area contributed by atoms with Crippen LogP contribution in [0.4, 0.5) is 0 Å². The summed E-state index contributed by atoms with van der Waals surface area (Å²) in [5.41, 5.74) is 0.556. The van der Waals surface area contributed by atoms with Crippen molar-refractivity contribution < 1.29 is 9.53 Å². The Morgan fingerprint density at radius 3 is 2.61 bits per heavy atom. The van der Waals surface area contributed by atoms with Gasteiger partial charge in [0.15, 0.2) is 5.11 Å². The maximum absolute atomic E-state index is 12.4. The van der Waals surface area contributed by atoms with Crippen molar-refractivity contribution in [1.82, 2.24) is 10.2 Å². The Morgan fingerprint density at radius 2 is 2.04 bits per heavy atom. The van der Waals surface area contributed by atoms with E-state index in [0.717, 1.165) is 42.1 Å². The fourth-order valence-electron chi connectivity index (χ4n) is 2.45. The van der Waals surface area contributed by atoms with Crippen molar-refractivity contribution in [2.24, 2.45) is 5.92 Å². The third-order valence-electron chi connectivity index (χ3n) is 3.85. The summed E-state index contributed by atoms with van der Waals surface area (Å²) in [5.74, 6) is 1.27. The van der Waals surface area contributed by atoms with Crippen molar-refractivity contribution in [3.05, 3.63) is 28.2 Å². The van der Waals surface area contributed by atoms with Gasteiger partial charge in [0.1, 0.15) is 5.75 Å². The van der Waals surface area contributed by atoms with Crippen LogP contribution in [0.2, 0.25) is 0 Å². The lowest BCUT2D eigenvalue weighted by atomic mass is 10.00. The topological polar surface area (TPSA) is 41.6 Å². The summed E-state index contributed by atoms with van der Waals surface area (Å²) < 4.78 is 6.41. The number of thiocarbonyl (C=S) groups is 1. The highest BCUT2D eigenvalue weighted by molar-refractivity contribution is 9.10. The number of piperidine rings is 1. The third-order valence-corrected chi connectivity index (χ3v) is 4.83. The molecule has 4 nitrogen and oxygen atoms in total. The quantitative estimate of drug-likeness (QED) is 0.781. The number of carbonyl (C=O) groups is 1. The third kappa shape index (κ3) is 5.18. The van der Waals surface area contributed by atoms with Gasteiger partial charge < -0.3 is 9.64 Å². The summed E-state index contributed by atoms with van der Waals surface area (Å²) >= 11 is 8.81. The van der Waals surface area contributed by atoms with Crippen LogP contribution in [0.25, 0.3) is 0 Å². The SMILES string of the molecule is CC1CCN(C(=S)NC(=O)c2ccc(OC(C)C)c(Br)c2)CC1. The van der Waals surface area contributed by atoms with E-state index in [2.05, 4.69) is 33.1 Å². The average Bonchev–Trinajstić information content (AvgIpc) is 2.49. The van der Waals surface area contributed by atoms with Gasteiger partial charge in [-0.05, 0) is 79.0 Å². The Balaban J connectivity index is 1.97. The highest BCUT2D eigenvalue weighted by Gasteiger charge is 2.20. The molecule has 1 amide bonds. The summed E-state index contributed by atoms with van der Waals surface area (Å²) in [4.78, 5) is 14.4. The lowest BCUT2D eigenvalue weighted by Gasteiger charge is -2.32. The highest BCUT2D eigenvalue weighted by atomic mass is 79.9. The molecule has 0 aliphatic carbocycles. The Kier molecular flexibility index (Phi) is 6.41. The first-order chi connectivity index (χ1) is 10.9. The van der Waals surface area contributed by atoms with Gasteiger partial charge in [-0.1, -0.05) is 6.92 Å². The largest absolute Gasteiger partial charge is 0.490 e. The fraction of sp³-hybridized carbons (Fsp3) is 0.529. The first-order valence-electron chi connectivity index (χ1n) is 7.93. The molecular weight excluding hydrogens is 376 g/mol. The van der Waals surface area contributed by atoms with Crippen molar-refractivity contribution in [3.63, 3.8) is 0 Å². The summed E-state index contributed by atoms with van der Waals surface area (Å²) in [6.45, 7) is 7.99. The van der Waals surface area contributed by atoms with Crippen molar-refractivity contribution in [3.8, 4) is 5.75 Å². The average molecular weight is 399 g/mol. The lowest BCUT2D eigenvalue weighted by molar-refractivity contribution is 0.0972. The van der Waals surface area contributed by atoms with E-state index in [1.807, 2.05) is 13.8 Å². The molecule has 0 unspecified atom stereocenters. The molecule has 6 heteroatoms. The monoisotopic (exact) mass is 398 g/mol. The van der Waals surface area contributed by atoms with E-state index in [1.165, 1.54) is 0 Å². The van der Waals surface area contributed by atoms with Crippen LogP contribution in [0.5, 0.6) is 5.75 Å². The number of rotatable bonds is 3. The first-order valence-corrected chi connectivity index (χ1v) is 9.13. The van der Waals surface area contributed by atoms with Gasteiger partial charge in [0.05, 0.1) is 10.6 Å². The van der Waals surface area contributed by atoms with Crippen molar-refractivity contribution in [1.29, 1.82) is 0 Å². The molecule has 0 saturated carbocycles. The lowest BCUT2D eigenvalue weighted by Crippen LogP contribution is -2.46. The van der Waals surface area contributed by atoms with Crippen LogP contribution in [-0.2, 0) is 0 Å². The first kappa shape index (κ1) is 18.2. The summed E-state index contributed by atoms with van der Waals surface area (Å²) in [6, 6.07) is 5.30. The molecule has 1 heterocycles. The minimum Gasteiger partial charge on any atom is -0.490 e. The number of likely N-dealkylation sites (tertiary alicyclic amines) is 1. The van der Waals surface area contributed by atoms with Gasteiger partial charge in [0, 0.05) is 18.7 Å². The molecular formula is C17H23BrN2O2S. The van der Waals surface area contributed by atoms with Crippen LogP contribution in [0.15, 0.2) is 22.7 Å². The van der Waals surface area contributed by atoms with Gasteiger partial charge >= 0.3 is 0 Å². The van der Waals surface area contributed by atoms with E-state index >= 15 is 0 Å². The normalized spacial score (nSPS) is 15.6. The summed E-state index contributed by atoms with van der Waals surface area (Å²) in [5, 5.41) is 3.34. The number of nitrogens with one attached hydrogen (secondary N) is 1. The van der Waals surface area contributed by atoms with Crippen LogP contribution in [0, 0.1) is 5.92 Å². The number of nitrogens with zero attached hydrogens (tertiary/aromatic N) is 1. The number of carbonyl (C=O) groups excluding carboxylic acids is 1. The second-order valence-electron chi connectivity index (χ2n) is 6.24. The van der Waals surface area contributed by atoms with Crippen LogP contribution in [-0.4, -0.2) is 35.1 Å². The Hall–Kier alpha value is -1.14. The van der Waals surface area contributed by atoms with E-state index < -0.39 is 0 Å². The van der Waals surface area contributed by atoms with Gasteiger partial charge in [0.25, 0.3) is 5.91 Å². The molecule has 1 fully saturated rings. The van der Waals surface area contributed by atoms with Gasteiger partial charge in [-0.2, -0.15) is 0 Å². The number of ether oxygens (including phenoxy) is 1. The predicted octanol–water partition coefficient (Wildman–Crippen LogP) is 3.98. The van der Waals surface area contributed by atoms with Crippen LogP contribution in [0.3, 0.4) is 0 Å². The van der Waals surface area contributed by atoms with Crippen molar-refractivity contribution in [2.75, 3.05) is 13.1 Å². The maximum atomic E-state index is 12.4. The molecule has 0 aromatic heterocycles. The van der Waals surface area contributed by atoms with Crippen LogP contribution >= 0.6 is 28.1 Å². The molecule has 1 saturated heterocycles. The minimum absolute atomic E-state index is 0.0834. The molecule has 1 aliphatic rings. The molecule has 1 aliphatic heterocycles. The van der Waals surface area contributed by atoms with Crippen LogP contribution in [0.1, 0.15) is 44.0 Å². The van der Waals surface area contributed by atoms with E-state index in [9.17, 15) is 4.79 Å². The van der Waals surface area contributed by atoms with Gasteiger partial charge in [-0.3, -0.25) is 10.1 Å². The zero-order valence-electron chi connectivity index (χ0n) is 13.8. The highest BCUT2D eigenvalue weighted by Crippen LogP contribution is 2.27. The number of amides is 1. The molecule has 0 spiro atoms. The molecule has 23 heavy (non-hydrogen) atoms. The standard InChI is InChI=1S/C17H23BrN2O2S/c1-11(2)22-15-5-4-13(10-14(15)18)16(21)19-17(23)20-8-6-12(3)7-9-20/h4-5,10-12H,6-9H2,1-3H3,(H,19,21,23). The maximum Gasteiger partial charge on any atom is 0.257 e. The molecule has 1 N–H and O–H groups in total. The molecule has 1 aromatic carbocycles. The summed E-state index contributed by atoms with van der Waals surface area (Å²) in [7, 11) is 0. The van der Waals surface area contributed by atoms with E-state index in [0.29, 0.717) is 10.7 Å². The Bertz CT molecular complexity index is 584. The van der Waals surface area contributed by atoms with Gasteiger partial charge in [-0.15, -0.1) is 0 Å². The number of halogens is 1. The summed E-state index contributed by atoms with van der Waals surface area (Å²) in [6.07, 6.45) is 2.31. The molecule has 126 valence electrons.